The number of aryl methyl sites for hydroxylation is 1. The van der Waals surface area contributed by atoms with Gasteiger partial charge in [-0.25, -0.2) is 9.97 Å². The normalized spacial score (nSPS) is 16.5. The molecule has 2 aromatic rings. The van der Waals surface area contributed by atoms with Gasteiger partial charge in [-0.2, -0.15) is 0 Å². The Hall–Kier alpha value is -2.53. The first-order valence-electron chi connectivity index (χ1n) is 10.9. The van der Waals surface area contributed by atoms with Gasteiger partial charge in [-0.1, -0.05) is 38.5 Å². The van der Waals surface area contributed by atoms with Crippen molar-refractivity contribution in [2.45, 2.75) is 65.7 Å². The van der Waals surface area contributed by atoms with E-state index in [-0.39, 0.29) is 12.5 Å². The van der Waals surface area contributed by atoms with Crippen molar-refractivity contribution in [3.05, 3.63) is 52.6 Å². The lowest BCUT2D eigenvalue weighted by molar-refractivity contribution is 0.299. The highest BCUT2D eigenvalue weighted by Crippen LogP contribution is 2.37. The summed E-state index contributed by atoms with van der Waals surface area (Å²) in [5, 5.41) is 12.5. The largest absolute Gasteiger partial charge is 0.396 e. The Labute approximate surface area is 180 Å². The summed E-state index contributed by atoms with van der Waals surface area (Å²) in [5.41, 5.74) is 8.35. The van der Waals surface area contributed by atoms with Crippen molar-refractivity contribution in [3.8, 4) is 11.3 Å². The molecule has 3 rings (SSSR count). The molecule has 2 N–H and O–H groups in total. The van der Waals surface area contributed by atoms with Crippen LogP contribution in [0.2, 0.25) is 0 Å². The summed E-state index contributed by atoms with van der Waals surface area (Å²) < 4.78 is 0. The SMILES string of the molecule is CCc1nc2c(nc1-c1ccc(C(C)C)nc1NC)C(C)=CCC2/C=C(\C)CCO. The van der Waals surface area contributed by atoms with Crippen molar-refractivity contribution in [1.82, 2.24) is 15.0 Å². The fraction of sp³-hybridized carbons (Fsp3) is 0.480. The number of nitrogens with one attached hydrogen (secondary N) is 1. The van der Waals surface area contributed by atoms with Gasteiger partial charge in [-0.3, -0.25) is 4.98 Å². The van der Waals surface area contributed by atoms with E-state index in [0.29, 0.717) is 12.3 Å². The van der Waals surface area contributed by atoms with Crippen molar-refractivity contribution in [3.63, 3.8) is 0 Å². The van der Waals surface area contributed by atoms with E-state index in [2.05, 4.69) is 64.2 Å². The van der Waals surface area contributed by atoms with Crippen LogP contribution in [0.15, 0.2) is 29.9 Å². The minimum Gasteiger partial charge on any atom is -0.396 e. The number of hydrogen-bond acceptors (Lipinski definition) is 5. The van der Waals surface area contributed by atoms with Crippen LogP contribution in [0.4, 0.5) is 5.82 Å². The molecule has 0 bridgehead atoms. The molecule has 160 valence electrons. The molecule has 0 saturated heterocycles. The first kappa shape index (κ1) is 22.2. The second kappa shape index (κ2) is 9.52. The zero-order valence-corrected chi connectivity index (χ0v) is 19.1. The molecule has 0 spiro atoms. The lowest BCUT2D eigenvalue weighted by Crippen LogP contribution is -2.14. The van der Waals surface area contributed by atoms with Gasteiger partial charge in [-0.15, -0.1) is 0 Å². The molecule has 5 heteroatoms. The number of hydrogen-bond donors (Lipinski definition) is 2. The smallest absolute Gasteiger partial charge is 0.135 e. The fourth-order valence-corrected chi connectivity index (χ4v) is 3.94. The van der Waals surface area contributed by atoms with Gasteiger partial charge in [0.15, 0.2) is 0 Å². The molecule has 30 heavy (non-hydrogen) atoms. The number of allylic oxidation sites excluding steroid dienone is 3. The van der Waals surface area contributed by atoms with Gasteiger partial charge < -0.3 is 10.4 Å². The van der Waals surface area contributed by atoms with Crippen molar-refractivity contribution in [2.75, 3.05) is 19.0 Å². The Morgan fingerprint density at radius 2 is 2.00 bits per heavy atom. The average molecular weight is 407 g/mol. The molecule has 2 heterocycles. The molecular formula is C25H34N4O. The van der Waals surface area contributed by atoms with Crippen LogP contribution in [-0.2, 0) is 6.42 Å². The van der Waals surface area contributed by atoms with Gasteiger partial charge in [0.25, 0.3) is 0 Å². The van der Waals surface area contributed by atoms with E-state index < -0.39 is 0 Å². The Bertz CT molecular complexity index is 975. The molecule has 1 aliphatic rings. The average Bonchev–Trinajstić information content (AvgIpc) is 2.74. The third-order valence-corrected chi connectivity index (χ3v) is 5.72. The van der Waals surface area contributed by atoms with Crippen LogP contribution in [0, 0.1) is 0 Å². The summed E-state index contributed by atoms with van der Waals surface area (Å²) in [6.07, 6.45) is 6.91. The minimum absolute atomic E-state index is 0.174. The van der Waals surface area contributed by atoms with E-state index in [9.17, 15) is 5.11 Å². The van der Waals surface area contributed by atoms with E-state index in [4.69, 9.17) is 15.0 Å². The molecule has 1 aliphatic carbocycles. The van der Waals surface area contributed by atoms with Crippen molar-refractivity contribution in [2.24, 2.45) is 0 Å². The Morgan fingerprint density at radius 1 is 1.23 bits per heavy atom. The van der Waals surface area contributed by atoms with E-state index in [0.717, 1.165) is 52.7 Å². The molecule has 0 aromatic carbocycles. The van der Waals surface area contributed by atoms with Crippen molar-refractivity contribution in [1.29, 1.82) is 0 Å². The van der Waals surface area contributed by atoms with E-state index in [1.807, 2.05) is 7.05 Å². The van der Waals surface area contributed by atoms with Crippen LogP contribution >= 0.6 is 0 Å². The van der Waals surface area contributed by atoms with Crippen molar-refractivity contribution < 1.29 is 5.11 Å². The monoisotopic (exact) mass is 406 g/mol. The zero-order valence-electron chi connectivity index (χ0n) is 19.1. The van der Waals surface area contributed by atoms with E-state index >= 15 is 0 Å². The van der Waals surface area contributed by atoms with Crippen molar-refractivity contribution >= 4 is 11.4 Å². The summed E-state index contributed by atoms with van der Waals surface area (Å²) in [7, 11) is 1.91. The molecule has 0 amide bonds. The summed E-state index contributed by atoms with van der Waals surface area (Å²) in [6, 6.07) is 4.21. The second-order valence-electron chi connectivity index (χ2n) is 8.36. The maximum absolute atomic E-state index is 9.26. The maximum atomic E-state index is 9.26. The van der Waals surface area contributed by atoms with Crippen LogP contribution in [0.1, 0.15) is 82.1 Å². The summed E-state index contributed by atoms with van der Waals surface area (Å²) >= 11 is 0. The molecule has 1 atom stereocenters. The summed E-state index contributed by atoms with van der Waals surface area (Å²) in [5.74, 6) is 1.41. The minimum atomic E-state index is 0.174. The lowest BCUT2D eigenvalue weighted by Gasteiger charge is -2.24. The summed E-state index contributed by atoms with van der Waals surface area (Å²) in [6.45, 7) is 10.8. The molecule has 2 aromatic heterocycles. The molecule has 0 aliphatic heterocycles. The van der Waals surface area contributed by atoms with Gasteiger partial charge >= 0.3 is 0 Å². The maximum Gasteiger partial charge on any atom is 0.135 e. The topological polar surface area (TPSA) is 70.9 Å². The van der Waals surface area contributed by atoms with Gasteiger partial charge in [0.1, 0.15) is 5.82 Å². The third kappa shape index (κ3) is 4.46. The zero-order chi connectivity index (χ0) is 21.8. The number of aliphatic hydroxyl groups excluding tert-OH is 1. The van der Waals surface area contributed by atoms with Crippen LogP contribution < -0.4 is 5.32 Å². The van der Waals surface area contributed by atoms with Gasteiger partial charge in [0.05, 0.1) is 22.8 Å². The number of nitrogens with zero attached hydrogens (tertiary/aromatic N) is 3. The van der Waals surface area contributed by atoms with Gasteiger partial charge in [-0.05, 0) is 56.7 Å². The number of fused-ring (bicyclic) bond motifs is 1. The van der Waals surface area contributed by atoms with E-state index in [1.165, 1.54) is 11.1 Å². The number of pyridine rings is 1. The number of aliphatic hydroxyl groups is 1. The second-order valence-corrected chi connectivity index (χ2v) is 8.36. The Kier molecular flexibility index (Phi) is 7.03. The first-order chi connectivity index (χ1) is 14.4. The number of rotatable bonds is 7. The predicted octanol–water partition coefficient (Wildman–Crippen LogP) is 5.49. The quantitative estimate of drug-likeness (QED) is 0.595. The summed E-state index contributed by atoms with van der Waals surface area (Å²) in [4.78, 5) is 15.1. The number of aromatic nitrogens is 3. The highest BCUT2D eigenvalue weighted by atomic mass is 16.2. The highest BCUT2D eigenvalue weighted by Gasteiger charge is 2.25. The van der Waals surface area contributed by atoms with E-state index in [1.54, 1.807) is 0 Å². The van der Waals surface area contributed by atoms with Crippen LogP contribution in [0.3, 0.4) is 0 Å². The van der Waals surface area contributed by atoms with Gasteiger partial charge in [0, 0.05) is 30.8 Å². The first-order valence-corrected chi connectivity index (χ1v) is 10.9. The molecule has 5 nitrogen and oxygen atoms in total. The standard InChI is InChI=1S/C25H34N4O/c1-7-20-24(19-10-11-21(15(2)3)28-25(19)26-6)29-22-17(5)8-9-18(23(22)27-20)14-16(4)12-13-30/h8,10-11,14-15,18,30H,7,9,12-13H2,1-6H3,(H,26,28)/b16-14+. The molecule has 1 unspecified atom stereocenters. The third-order valence-electron chi connectivity index (χ3n) is 5.72. The highest BCUT2D eigenvalue weighted by molar-refractivity contribution is 5.77. The van der Waals surface area contributed by atoms with Crippen LogP contribution in [-0.4, -0.2) is 33.7 Å². The van der Waals surface area contributed by atoms with Crippen LogP contribution in [0.25, 0.3) is 16.8 Å². The van der Waals surface area contributed by atoms with Gasteiger partial charge in [0.2, 0.25) is 0 Å². The molecule has 0 radical (unpaired) electrons. The molecule has 0 saturated carbocycles. The predicted molar refractivity (Wildman–Crippen MR) is 125 cm³/mol. The number of anilines is 1. The lowest BCUT2D eigenvalue weighted by atomic mass is 9.88. The fourth-order valence-electron chi connectivity index (χ4n) is 3.94. The molecule has 0 fully saturated rings. The molecular weight excluding hydrogens is 372 g/mol. The Morgan fingerprint density at radius 3 is 2.63 bits per heavy atom. The van der Waals surface area contributed by atoms with Crippen LogP contribution in [0.5, 0.6) is 0 Å². The Balaban J connectivity index is 2.15.